The molecule has 0 saturated carbocycles. The van der Waals surface area contributed by atoms with E-state index in [1.807, 2.05) is 24.0 Å². The quantitative estimate of drug-likeness (QED) is 0.711. The predicted octanol–water partition coefficient (Wildman–Crippen LogP) is 2.16. The van der Waals surface area contributed by atoms with E-state index in [-0.39, 0.29) is 22.6 Å². The van der Waals surface area contributed by atoms with Crippen molar-refractivity contribution < 1.29 is 18.3 Å². The maximum absolute atomic E-state index is 12.6. The minimum Gasteiger partial charge on any atom is -0.508 e. The zero-order valence-electron chi connectivity index (χ0n) is 15.5. The number of rotatable bonds is 5. The molecule has 0 fully saturated rings. The largest absolute Gasteiger partial charge is 0.508 e. The summed E-state index contributed by atoms with van der Waals surface area (Å²) in [6.07, 6.45) is 2.88. The minimum absolute atomic E-state index is 0.0441. The molecule has 1 unspecified atom stereocenters. The molecule has 0 aliphatic carbocycles. The Morgan fingerprint density at radius 2 is 1.93 bits per heavy atom. The lowest BCUT2D eigenvalue weighted by atomic mass is 9.98. The van der Waals surface area contributed by atoms with Gasteiger partial charge in [0.2, 0.25) is 15.9 Å². The van der Waals surface area contributed by atoms with Gasteiger partial charge in [-0.05, 0) is 54.8 Å². The SMILES string of the molecule is CC(C(=O)Nc1cccc(S(N)(=O)=O)c1)N1CC=C(c2ccc(O)cc2)CC1. The lowest BCUT2D eigenvalue weighted by molar-refractivity contribution is -0.120. The molecule has 4 N–H and O–H groups in total. The van der Waals surface area contributed by atoms with Crippen LogP contribution in [0.25, 0.3) is 5.57 Å². The van der Waals surface area contributed by atoms with Crippen LogP contribution in [-0.2, 0) is 14.8 Å². The minimum atomic E-state index is -3.82. The lowest BCUT2D eigenvalue weighted by Gasteiger charge is -2.31. The Bertz CT molecular complexity index is 1000. The Morgan fingerprint density at radius 3 is 2.54 bits per heavy atom. The molecule has 3 rings (SSSR count). The molecule has 8 heteroatoms. The zero-order chi connectivity index (χ0) is 20.3. The van der Waals surface area contributed by atoms with Crippen LogP contribution in [0.5, 0.6) is 5.75 Å². The van der Waals surface area contributed by atoms with Crippen molar-refractivity contribution in [2.75, 3.05) is 18.4 Å². The van der Waals surface area contributed by atoms with E-state index < -0.39 is 10.0 Å². The van der Waals surface area contributed by atoms with Crippen LogP contribution in [0.4, 0.5) is 5.69 Å². The van der Waals surface area contributed by atoms with Crippen LogP contribution in [0.2, 0.25) is 0 Å². The molecule has 148 valence electrons. The van der Waals surface area contributed by atoms with Crippen LogP contribution in [0.15, 0.2) is 59.5 Å². The number of phenolic OH excluding ortho intramolecular Hbond substituents is 1. The molecule has 0 spiro atoms. The van der Waals surface area contributed by atoms with Gasteiger partial charge >= 0.3 is 0 Å². The Kier molecular flexibility index (Phi) is 5.83. The number of carbonyl (C=O) groups is 1. The molecule has 2 aromatic carbocycles. The molecule has 1 heterocycles. The number of amides is 1. The van der Waals surface area contributed by atoms with Crippen LogP contribution in [0.3, 0.4) is 0 Å². The van der Waals surface area contributed by atoms with Crippen molar-refractivity contribution in [2.24, 2.45) is 5.14 Å². The standard InChI is InChI=1S/C20H23N3O4S/c1-14(20(25)22-17-3-2-4-19(13-17)28(21,26)27)23-11-9-16(10-12-23)15-5-7-18(24)8-6-15/h2-9,13-14,24H,10-12H2,1H3,(H,22,25)(H2,21,26,27). The van der Waals surface area contributed by atoms with Gasteiger partial charge in [-0.2, -0.15) is 0 Å². The number of primary sulfonamides is 1. The lowest BCUT2D eigenvalue weighted by Crippen LogP contribution is -2.44. The van der Waals surface area contributed by atoms with E-state index in [0.29, 0.717) is 12.2 Å². The Hall–Kier alpha value is -2.68. The molecule has 1 atom stereocenters. The van der Waals surface area contributed by atoms with Crippen molar-refractivity contribution in [1.29, 1.82) is 0 Å². The van der Waals surface area contributed by atoms with E-state index in [9.17, 15) is 18.3 Å². The van der Waals surface area contributed by atoms with Crippen LogP contribution >= 0.6 is 0 Å². The van der Waals surface area contributed by atoms with E-state index in [1.165, 1.54) is 23.8 Å². The summed E-state index contributed by atoms with van der Waals surface area (Å²) in [5.74, 6) is 0.0200. The van der Waals surface area contributed by atoms with Crippen LogP contribution in [0, 0.1) is 0 Å². The van der Waals surface area contributed by atoms with Gasteiger partial charge in [-0.25, -0.2) is 13.6 Å². The molecule has 0 aromatic heterocycles. The number of phenols is 1. The predicted molar refractivity (Wildman–Crippen MR) is 108 cm³/mol. The van der Waals surface area contributed by atoms with Gasteiger partial charge in [-0.15, -0.1) is 0 Å². The van der Waals surface area contributed by atoms with Gasteiger partial charge in [-0.3, -0.25) is 9.69 Å². The fourth-order valence-electron chi connectivity index (χ4n) is 3.14. The van der Waals surface area contributed by atoms with Gasteiger partial charge in [0, 0.05) is 18.8 Å². The third kappa shape index (κ3) is 4.78. The van der Waals surface area contributed by atoms with E-state index in [2.05, 4.69) is 11.4 Å². The van der Waals surface area contributed by atoms with Crippen molar-refractivity contribution in [3.05, 3.63) is 60.2 Å². The highest BCUT2D eigenvalue weighted by Gasteiger charge is 2.23. The number of anilines is 1. The first-order valence-electron chi connectivity index (χ1n) is 8.90. The summed E-state index contributed by atoms with van der Waals surface area (Å²) >= 11 is 0. The fraction of sp³-hybridized carbons (Fsp3) is 0.250. The molecule has 1 aliphatic rings. The van der Waals surface area contributed by atoms with Crippen molar-refractivity contribution in [3.63, 3.8) is 0 Å². The van der Waals surface area contributed by atoms with Gasteiger partial charge < -0.3 is 10.4 Å². The Balaban J connectivity index is 1.64. The summed E-state index contributed by atoms with van der Waals surface area (Å²) in [6, 6.07) is 12.6. The molecule has 1 amide bonds. The molecular formula is C20H23N3O4S. The summed E-state index contributed by atoms with van der Waals surface area (Å²) in [5, 5.41) is 17.3. The second-order valence-electron chi connectivity index (χ2n) is 6.76. The number of hydrogen-bond donors (Lipinski definition) is 3. The van der Waals surface area contributed by atoms with Gasteiger partial charge in [0.25, 0.3) is 0 Å². The highest BCUT2D eigenvalue weighted by Crippen LogP contribution is 2.25. The molecular weight excluding hydrogens is 378 g/mol. The number of sulfonamides is 1. The number of nitrogens with two attached hydrogens (primary N) is 1. The summed E-state index contributed by atoms with van der Waals surface area (Å²) in [5.41, 5.74) is 2.64. The summed E-state index contributed by atoms with van der Waals surface area (Å²) in [6.45, 7) is 3.17. The van der Waals surface area contributed by atoms with E-state index in [1.54, 1.807) is 18.2 Å². The maximum atomic E-state index is 12.6. The Labute approximate surface area is 164 Å². The number of carbonyl (C=O) groups excluding carboxylic acids is 1. The average molecular weight is 401 g/mol. The van der Waals surface area contributed by atoms with Crippen molar-refractivity contribution >= 4 is 27.2 Å². The first kappa shape index (κ1) is 20.1. The summed E-state index contributed by atoms with van der Waals surface area (Å²) in [7, 11) is -3.82. The van der Waals surface area contributed by atoms with Gasteiger partial charge in [0.15, 0.2) is 0 Å². The topological polar surface area (TPSA) is 113 Å². The molecule has 7 nitrogen and oxygen atoms in total. The molecule has 0 radical (unpaired) electrons. The van der Waals surface area contributed by atoms with Crippen LogP contribution < -0.4 is 10.5 Å². The number of nitrogens with zero attached hydrogens (tertiary/aromatic N) is 1. The molecule has 1 aliphatic heterocycles. The van der Waals surface area contributed by atoms with Crippen LogP contribution in [0.1, 0.15) is 18.9 Å². The number of hydrogen-bond acceptors (Lipinski definition) is 5. The van der Waals surface area contributed by atoms with E-state index in [0.717, 1.165) is 18.5 Å². The number of nitrogens with one attached hydrogen (secondary N) is 1. The first-order valence-corrected chi connectivity index (χ1v) is 10.4. The summed E-state index contributed by atoms with van der Waals surface area (Å²) in [4.78, 5) is 14.6. The Morgan fingerprint density at radius 1 is 1.21 bits per heavy atom. The van der Waals surface area contributed by atoms with Gasteiger partial charge in [0.1, 0.15) is 5.75 Å². The van der Waals surface area contributed by atoms with E-state index >= 15 is 0 Å². The van der Waals surface area contributed by atoms with Crippen molar-refractivity contribution in [2.45, 2.75) is 24.3 Å². The van der Waals surface area contributed by atoms with Crippen molar-refractivity contribution in [1.82, 2.24) is 4.90 Å². The highest BCUT2D eigenvalue weighted by molar-refractivity contribution is 7.89. The third-order valence-corrected chi connectivity index (χ3v) is 5.75. The molecule has 0 saturated heterocycles. The summed E-state index contributed by atoms with van der Waals surface area (Å²) < 4.78 is 22.9. The average Bonchev–Trinajstić information content (AvgIpc) is 2.68. The second-order valence-corrected chi connectivity index (χ2v) is 8.32. The van der Waals surface area contributed by atoms with Gasteiger partial charge in [0.05, 0.1) is 10.9 Å². The highest BCUT2D eigenvalue weighted by atomic mass is 32.2. The zero-order valence-corrected chi connectivity index (χ0v) is 16.3. The van der Waals surface area contributed by atoms with E-state index in [4.69, 9.17) is 5.14 Å². The van der Waals surface area contributed by atoms with Crippen LogP contribution in [-0.4, -0.2) is 43.5 Å². The van der Waals surface area contributed by atoms with Gasteiger partial charge in [-0.1, -0.05) is 24.3 Å². The fourth-order valence-corrected chi connectivity index (χ4v) is 3.70. The molecule has 0 bridgehead atoms. The maximum Gasteiger partial charge on any atom is 0.241 e. The normalized spacial score (nSPS) is 16.3. The van der Waals surface area contributed by atoms with Crippen molar-refractivity contribution in [3.8, 4) is 5.75 Å². The molecule has 2 aromatic rings. The number of benzene rings is 2. The molecule has 28 heavy (non-hydrogen) atoms. The number of aromatic hydroxyl groups is 1. The monoisotopic (exact) mass is 401 g/mol. The third-order valence-electron chi connectivity index (χ3n) is 4.84. The second kappa shape index (κ2) is 8.14. The smallest absolute Gasteiger partial charge is 0.241 e. The first-order chi connectivity index (χ1) is 13.2.